The SMILES string of the molecule is CNc1cccc(C(=O)NCc2ccccc2)n1. The topological polar surface area (TPSA) is 54.0 Å². The number of nitrogens with one attached hydrogen (secondary N) is 2. The van der Waals surface area contributed by atoms with Crippen molar-refractivity contribution >= 4 is 11.7 Å². The van der Waals surface area contributed by atoms with Gasteiger partial charge in [-0.2, -0.15) is 0 Å². The van der Waals surface area contributed by atoms with Crippen LogP contribution in [0.1, 0.15) is 16.1 Å². The smallest absolute Gasteiger partial charge is 0.270 e. The van der Waals surface area contributed by atoms with Crippen LogP contribution in [-0.4, -0.2) is 17.9 Å². The first-order valence-electron chi connectivity index (χ1n) is 5.76. The van der Waals surface area contributed by atoms with Crippen LogP contribution in [0.2, 0.25) is 0 Å². The van der Waals surface area contributed by atoms with Crippen LogP contribution < -0.4 is 10.6 Å². The Hall–Kier alpha value is -2.36. The normalized spacial score (nSPS) is 9.83. The lowest BCUT2D eigenvalue weighted by atomic mass is 10.2. The molecule has 0 bridgehead atoms. The second kappa shape index (κ2) is 5.82. The van der Waals surface area contributed by atoms with Gasteiger partial charge in [0.25, 0.3) is 5.91 Å². The summed E-state index contributed by atoms with van der Waals surface area (Å²) < 4.78 is 0. The molecule has 1 aromatic heterocycles. The number of carbonyl (C=O) groups is 1. The molecule has 2 N–H and O–H groups in total. The summed E-state index contributed by atoms with van der Waals surface area (Å²) in [5.41, 5.74) is 1.48. The van der Waals surface area contributed by atoms with Crippen LogP contribution in [-0.2, 0) is 6.54 Å². The van der Waals surface area contributed by atoms with Crippen molar-refractivity contribution in [2.24, 2.45) is 0 Å². The molecule has 1 heterocycles. The van der Waals surface area contributed by atoms with Gasteiger partial charge in [0, 0.05) is 13.6 Å². The third-order valence-electron chi connectivity index (χ3n) is 2.53. The highest BCUT2D eigenvalue weighted by Crippen LogP contribution is 2.04. The van der Waals surface area contributed by atoms with E-state index < -0.39 is 0 Å². The number of pyridine rings is 1. The third-order valence-corrected chi connectivity index (χ3v) is 2.53. The first-order valence-corrected chi connectivity index (χ1v) is 5.76. The van der Waals surface area contributed by atoms with E-state index in [2.05, 4.69) is 15.6 Å². The number of anilines is 1. The number of benzene rings is 1. The van der Waals surface area contributed by atoms with Crippen molar-refractivity contribution in [2.75, 3.05) is 12.4 Å². The van der Waals surface area contributed by atoms with Gasteiger partial charge < -0.3 is 10.6 Å². The lowest BCUT2D eigenvalue weighted by Crippen LogP contribution is -2.23. The number of hydrogen-bond acceptors (Lipinski definition) is 3. The van der Waals surface area contributed by atoms with E-state index >= 15 is 0 Å². The summed E-state index contributed by atoms with van der Waals surface area (Å²) >= 11 is 0. The summed E-state index contributed by atoms with van der Waals surface area (Å²) in [5.74, 6) is 0.512. The average Bonchev–Trinajstić information content (AvgIpc) is 2.46. The van der Waals surface area contributed by atoms with Gasteiger partial charge >= 0.3 is 0 Å². The first-order chi connectivity index (χ1) is 8.79. The molecule has 2 aromatic rings. The van der Waals surface area contributed by atoms with E-state index in [1.165, 1.54) is 0 Å². The molecule has 0 spiro atoms. The Balaban J connectivity index is 1.99. The molecule has 0 aliphatic rings. The molecule has 18 heavy (non-hydrogen) atoms. The zero-order valence-electron chi connectivity index (χ0n) is 10.2. The molecule has 0 aliphatic carbocycles. The maximum absolute atomic E-state index is 11.9. The van der Waals surface area contributed by atoms with E-state index in [1.54, 1.807) is 19.2 Å². The van der Waals surface area contributed by atoms with E-state index in [9.17, 15) is 4.79 Å². The van der Waals surface area contributed by atoms with E-state index in [-0.39, 0.29) is 5.91 Å². The van der Waals surface area contributed by atoms with Gasteiger partial charge in [0.05, 0.1) is 0 Å². The van der Waals surface area contributed by atoms with Crippen molar-refractivity contribution in [1.82, 2.24) is 10.3 Å². The summed E-state index contributed by atoms with van der Waals surface area (Å²) in [6, 6.07) is 15.1. The monoisotopic (exact) mass is 241 g/mol. The van der Waals surface area contributed by atoms with Crippen molar-refractivity contribution in [3.63, 3.8) is 0 Å². The fourth-order valence-electron chi connectivity index (χ4n) is 1.57. The predicted octanol–water partition coefficient (Wildman–Crippen LogP) is 2.05. The van der Waals surface area contributed by atoms with Gasteiger partial charge in [-0.15, -0.1) is 0 Å². The van der Waals surface area contributed by atoms with Gasteiger partial charge in [-0.3, -0.25) is 4.79 Å². The zero-order chi connectivity index (χ0) is 12.8. The van der Waals surface area contributed by atoms with Crippen molar-refractivity contribution < 1.29 is 4.79 Å². The summed E-state index contributed by atoms with van der Waals surface area (Å²) in [4.78, 5) is 16.1. The number of aromatic nitrogens is 1. The van der Waals surface area contributed by atoms with Crippen LogP contribution >= 0.6 is 0 Å². The molecule has 0 atom stereocenters. The molecule has 0 saturated heterocycles. The quantitative estimate of drug-likeness (QED) is 0.861. The fourth-order valence-corrected chi connectivity index (χ4v) is 1.57. The maximum atomic E-state index is 11.9. The van der Waals surface area contributed by atoms with Gasteiger partial charge in [-0.05, 0) is 17.7 Å². The zero-order valence-corrected chi connectivity index (χ0v) is 10.2. The maximum Gasteiger partial charge on any atom is 0.270 e. The first kappa shape index (κ1) is 12.1. The Morgan fingerprint density at radius 1 is 1.11 bits per heavy atom. The van der Waals surface area contributed by atoms with Crippen molar-refractivity contribution in [2.45, 2.75) is 6.54 Å². The van der Waals surface area contributed by atoms with Gasteiger partial charge in [0.2, 0.25) is 0 Å². The van der Waals surface area contributed by atoms with Crippen LogP contribution in [0.4, 0.5) is 5.82 Å². The number of carbonyl (C=O) groups excluding carboxylic acids is 1. The molecule has 92 valence electrons. The standard InChI is InChI=1S/C14H15N3O/c1-15-13-9-5-8-12(17-13)14(18)16-10-11-6-3-2-4-7-11/h2-9H,10H2,1H3,(H,15,17)(H,16,18). The molecular formula is C14H15N3O. The van der Waals surface area contributed by atoms with Crippen molar-refractivity contribution in [3.05, 3.63) is 59.8 Å². The van der Waals surface area contributed by atoms with E-state index in [1.807, 2.05) is 36.4 Å². The van der Waals surface area contributed by atoms with E-state index in [0.717, 1.165) is 5.56 Å². The molecular weight excluding hydrogens is 226 g/mol. The van der Waals surface area contributed by atoms with E-state index in [0.29, 0.717) is 18.1 Å². The molecule has 2 rings (SSSR count). The Bertz CT molecular complexity index is 526. The number of nitrogens with zero attached hydrogens (tertiary/aromatic N) is 1. The fraction of sp³-hybridized carbons (Fsp3) is 0.143. The van der Waals surface area contributed by atoms with Crippen molar-refractivity contribution in [1.29, 1.82) is 0 Å². The highest BCUT2D eigenvalue weighted by molar-refractivity contribution is 5.92. The molecule has 0 aliphatic heterocycles. The number of amides is 1. The predicted molar refractivity (Wildman–Crippen MR) is 71.4 cm³/mol. The van der Waals surface area contributed by atoms with Gasteiger partial charge in [-0.25, -0.2) is 4.98 Å². The average molecular weight is 241 g/mol. The molecule has 4 heteroatoms. The summed E-state index contributed by atoms with van der Waals surface area (Å²) in [7, 11) is 1.77. The minimum atomic E-state index is -0.170. The Morgan fingerprint density at radius 2 is 1.89 bits per heavy atom. The highest BCUT2D eigenvalue weighted by Gasteiger charge is 2.06. The molecule has 1 amide bonds. The molecule has 1 aromatic carbocycles. The Morgan fingerprint density at radius 3 is 2.61 bits per heavy atom. The number of hydrogen-bond donors (Lipinski definition) is 2. The van der Waals surface area contributed by atoms with Crippen LogP contribution in [0, 0.1) is 0 Å². The molecule has 0 saturated carbocycles. The summed E-state index contributed by atoms with van der Waals surface area (Å²) in [6.45, 7) is 0.505. The van der Waals surface area contributed by atoms with Gasteiger partial charge in [0.15, 0.2) is 0 Å². The molecule has 0 unspecified atom stereocenters. The van der Waals surface area contributed by atoms with Crippen molar-refractivity contribution in [3.8, 4) is 0 Å². The molecule has 4 nitrogen and oxygen atoms in total. The van der Waals surface area contributed by atoms with Crippen LogP contribution in [0.5, 0.6) is 0 Å². The Kier molecular flexibility index (Phi) is 3.91. The molecule has 0 radical (unpaired) electrons. The summed E-state index contributed by atoms with van der Waals surface area (Å²) in [5, 5.41) is 5.74. The largest absolute Gasteiger partial charge is 0.373 e. The minimum absolute atomic E-state index is 0.170. The highest BCUT2D eigenvalue weighted by atomic mass is 16.1. The lowest BCUT2D eigenvalue weighted by molar-refractivity contribution is 0.0946. The van der Waals surface area contributed by atoms with Crippen LogP contribution in [0.25, 0.3) is 0 Å². The van der Waals surface area contributed by atoms with E-state index in [4.69, 9.17) is 0 Å². The summed E-state index contributed by atoms with van der Waals surface area (Å²) in [6.07, 6.45) is 0. The lowest BCUT2D eigenvalue weighted by Gasteiger charge is -2.06. The van der Waals surface area contributed by atoms with Gasteiger partial charge in [-0.1, -0.05) is 36.4 Å². The number of rotatable bonds is 4. The molecule has 0 fully saturated rings. The second-order valence-electron chi connectivity index (χ2n) is 3.83. The van der Waals surface area contributed by atoms with Crippen LogP contribution in [0.3, 0.4) is 0 Å². The van der Waals surface area contributed by atoms with Crippen LogP contribution in [0.15, 0.2) is 48.5 Å². The third kappa shape index (κ3) is 3.07. The minimum Gasteiger partial charge on any atom is -0.373 e. The Labute approximate surface area is 106 Å². The second-order valence-corrected chi connectivity index (χ2v) is 3.83. The van der Waals surface area contributed by atoms with Gasteiger partial charge in [0.1, 0.15) is 11.5 Å².